The Hall–Kier alpha value is -2.50. The number of hydrogen-bond donors (Lipinski definition) is 0. The van der Waals surface area contributed by atoms with Gasteiger partial charge in [0.2, 0.25) is 11.8 Å². The molecule has 22 heavy (non-hydrogen) atoms. The number of hydrogen-bond acceptors (Lipinski definition) is 3. The summed E-state index contributed by atoms with van der Waals surface area (Å²) in [5.74, 6) is -1.30. The number of amides is 3. The molecular weight excluding hydrogens is 287 g/mol. The number of halogens is 1. The molecule has 6 heteroatoms. The van der Waals surface area contributed by atoms with Gasteiger partial charge in [-0.05, 0) is 30.2 Å². The van der Waals surface area contributed by atoms with E-state index in [1.165, 1.54) is 17.0 Å². The van der Waals surface area contributed by atoms with Crippen LogP contribution < -0.4 is 0 Å². The van der Waals surface area contributed by atoms with Crippen LogP contribution in [0.1, 0.15) is 12.0 Å². The second kappa shape index (κ2) is 6.98. The molecule has 0 bridgehead atoms. The van der Waals surface area contributed by atoms with Crippen LogP contribution in [0.15, 0.2) is 36.9 Å². The van der Waals surface area contributed by atoms with Crippen molar-refractivity contribution in [3.05, 3.63) is 48.3 Å². The van der Waals surface area contributed by atoms with Crippen LogP contribution in [0.3, 0.4) is 0 Å². The van der Waals surface area contributed by atoms with Crippen LogP contribution in [0.4, 0.5) is 4.39 Å². The molecule has 0 N–H and O–H groups in total. The van der Waals surface area contributed by atoms with E-state index < -0.39 is 11.8 Å². The molecule has 0 atom stereocenters. The Labute approximate surface area is 128 Å². The van der Waals surface area contributed by atoms with Crippen LogP contribution >= 0.6 is 0 Å². The topological polar surface area (TPSA) is 57.7 Å². The fourth-order valence-electron chi connectivity index (χ4n) is 2.29. The third-order valence-electron chi connectivity index (χ3n) is 3.55. The molecule has 5 nitrogen and oxygen atoms in total. The van der Waals surface area contributed by atoms with Gasteiger partial charge in [-0.15, -0.1) is 0 Å². The molecule has 1 aromatic carbocycles. The average Bonchev–Trinajstić information content (AvgIpc) is 2.53. The summed E-state index contributed by atoms with van der Waals surface area (Å²) in [6.45, 7) is 3.76. The van der Waals surface area contributed by atoms with E-state index >= 15 is 0 Å². The van der Waals surface area contributed by atoms with Gasteiger partial charge in [-0.25, -0.2) is 4.39 Å². The van der Waals surface area contributed by atoms with E-state index in [9.17, 15) is 18.8 Å². The van der Waals surface area contributed by atoms with Crippen LogP contribution in [-0.2, 0) is 20.8 Å². The lowest BCUT2D eigenvalue weighted by Gasteiger charge is -2.32. The highest BCUT2D eigenvalue weighted by Crippen LogP contribution is 2.10. The molecule has 1 aliphatic rings. The van der Waals surface area contributed by atoms with E-state index in [0.29, 0.717) is 13.0 Å². The number of benzene rings is 1. The Morgan fingerprint density at radius 1 is 1.23 bits per heavy atom. The van der Waals surface area contributed by atoms with Crippen LogP contribution in [0.2, 0.25) is 0 Å². The van der Waals surface area contributed by atoms with Crippen molar-refractivity contribution in [1.29, 1.82) is 0 Å². The van der Waals surface area contributed by atoms with Crippen molar-refractivity contribution in [2.45, 2.75) is 12.8 Å². The van der Waals surface area contributed by atoms with Crippen molar-refractivity contribution >= 4 is 17.7 Å². The van der Waals surface area contributed by atoms with E-state index in [1.54, 1.807) is 12.1 Å². The Balaban J connectivity index is 1.86. The molecule has 0 saturated carbocycles. The minimum atomic E-state index is -0.441. The maximum absolute atomic E-state index is 12.8. The van der Waals surface area contributed by atoms with E-state index in [0.717, 1.165) is 16.5 Å². The average molecular weight is 304 g/mol. The Morgan fingerprint density at radius 3 is 2.50 bits per heavy atom. The summed E-state index contributed by atoms with van der Waals surface area (Å²) in [6, 6.07) is 5.97. The highest BCUT2D eigenvalue weighted by molar-refractivity contribution is 6.02. The molecule has 0 unspecified atom stereocenters. The van der Waals surface area contributed by atoms with Crippen LogP contribution in [-0.4, -0.2) is 47.2 Å². The number of imide groups is 1. The van der Waals surface area contributed by atoms with Crippen LogP contribution in [0, 0.1) is 5.82 Å². The molecule has 3 amide bonds. The van der Waals surface area contributed by atoms with Gasteiger partial charge >= 0.3 is 0 Å². The summed E-state index contributed by atoms with van der Waals surface area (Å²) in [5.41, 5.74) is 0.863. The lowest BCUT2D eigenvalue weighted by atomic mass is 10.1. The molecule has 1 fully saturated rings. The number of piperazine rings is 1. The standard InChI is InChI=1S/C16H17FN2O3/c1-2-14(20)19-10-9-18(11-16(19)22)15(21)8-5-12-3-6-13(17)7-4-12/h2-4,6-7H,1,5,8-11H2. The smallest absolute Gasteiger partial charge is 0.252 e. The molecular formula is C16H17FN2O3. The number of nitrogens with zero attached hydrogens (tertiary/aromatic N) is 2. The van der Waals surface area contributed by atoms with E-state index in [1.807, 2.05) is 0 Å². The quantitative estimate of drug-likeness (QED) is 0.784. The predicted octanol–water partition coefficient (Wildman–Crippen LogP) is 1.14. The van der Waals surface area contributed by atoms with Gasteiger partial charge in [-0.3, -0.25) is 19.3 Å². The zero-order valence-corrected chi connectivity index (χ0v) is 12.1. The van der Waals surface area contributed by atoms with Crippen LogP contribution in [0.5, 0.6) is 0 Å². The van der Waals surface area contributed by atoms with E-state index in [-0.39, 0.29) is 31.2 Å². The molecule has 0 aromatic heterocycles. The lowest BCUT2D eigenvalue weighted by molar-refractivity contribution is -0.151. The minimum absolute atomic E-state index is 0.0954. The zero-order valence-electron chi connectivity index (χ0n) is 12.1. The summed E-state index contributed by atoms with van der Waals surface area (Å²) in [4.78, 5) is 37.9. The number of aryl methyl sites for hydroxylation is 1. The summed E-state index contributed by atoms with van der Waals surface area (Å²) >= 11 is 0. The van der Waals surface area contributed by atoms with Gasteiger partial charge < -0.3 is 4.90 Å². The van der Waals surface area contributed by atoms with E-state index in [2.05, 4.69) is 6.58 Å². The van der Waals surface area contributed by atoms with Crippen LogP contribution in [0.25, 0.3) is 0 Å². The monoisotopic (exact) mass is 304 g/mol. The van der Waals surface area contributed by atoms with Gasteiger partial charge in [0.1, 0.15) is 12.4 Å². The molecule has 116 valence electrons. The maximum Gasteiger partial charge on any atom is 0.252 e. The molecule has 0 radical (unpaired) electrons. The Bertz CT molecular complexity index is 598. The van der Waals surface area contributed by atoms with Gasteiger partial charge in [0, 0.05) is 19.5 Å². The van der Waals surface area contributed by atoms with Gasteiger partial charge in [-0.2, -0.15) is 0 Å². The summed E-state index contributed by atoms with van der Waals surface area (Å²) in [7, 11) is 0. The molecule has 1 heterocycles. The predicted molar refractivity (Wildman–Crippen MR) is 78.2 cm³/mol. The first kappa shape index (κ1) is 15.9. The molecule has 1 saturated heterocycles. The summed E-state index contributed by atoms with van der Waals surface area (Å²) < 4.78 is 12.8. The third kappa shape index (κ3) is 3.78. The van der Waals surface area contributed by atoms with Gasteiger partial charge in [-0.1, -0.05) is 18.7 Å². The van der Waals surface area contributed by atoms with Crippen molar-refractivity contribution in [1.82, 2.24) is 9.80 Å². The molecule has 1 aliphatic heterocycles. The van der Waals surface area contributed by atoms with Crippen molar-refractivity contribution in [2.24, 2.45) is 0 Å². The molecule has 2 rings (SSSR count). The fourth-order valence-corrected chi connectivity index (χ4v) is 2.29. The first-order chi connectivity index (χ1) is 10.5. The first-order valence-electron chi connectivity index (χ1n) is 7.00. The number of rotatable bonds is 4. The second-order valence-corrected chi connectivity index (χ2v) is 5.03. The van der Waals surface area contributed by atoms with Crippen molar-refractivity contribution in [2.75, 3.05) is 19.6 Å². The number of carbonyl (C=O) groups is 3. The first-order valence-corrected chi connectivity index (χ1v) is 7.00. The molecule has 0 aliphatic carbocycles. The second-order valence-electron chi connectivity index (χ2n) is 5.03. The van der Waals surface area contributed by atoms with E-state index in [4.69, 9.17) is 0 Å². The molecule has 0 spiro atoms. The van der Waals surface area contributed by atoms with Gasteiger partial charge in [0.25, 0.3) is 5.91 Å². The van der Waals surface area contributed by atoms with Crippen molar-refractivity contribution in [3.8, 4) is 0 Å². The molecule has 1 aromatic rings. The third-order valence-corrected chi connectivity index (χ3v) is 3.55. The summed E-state index contributed by atoms with van der Waals surface area (Å²) in [5, 5.41) is 0. The SMILES string of the molecule is C=CC(=O)N1CCN(C(=O)CCc2ccc(F)cc2)CC1=O. The maximum atomic E-state index is 12.8. The largest absolute Gasteiger partial charge is 0.332 e. The number of carbonyl (C=O) groups excluding carboxylic acids is 3. The minimum Gasteiger partial charge on any atom is -0.332 e. The van der Waals surface area contributed by atoms with Gasteiger partial charge in [0.15, 0.2) is 0 Å². The lowest BCUT2D eigenvalue weighted by Crippen LogP contribution is -2.53. The highest BCUT2D eigenvalue weighted by atomic mass is 19.1. The normalized spacial score (nSPS) is 14.9. The highest BCUT2D eigenvalue weighted by Gasteiger charge is 2.29. The van der Waals surface area contributed by atoms with Gasteiger partial charge in [0.05, 0.1) is 0 Å². The Morgan fingerprint density at radius 2 is 1.91 bits per heavy atom. The zero-order chi connectivity index (χ0) is 16.1. The van der Waals surface area contributed by atoms with Crippen molar-refractivity contribution in [3.63, 3.8) is 0 Å². The summed E-state index contributed by atoms with van der Waals surface area (Å²) in [6.07, 6.45) is 1.82. The fraction of sp³-hybridized carbons (Fsp3) is 0.312. The Kier molecular flexibility index (Phi) is 5.04. The van der Waals surface area contributed by atoms with Crippen molar-refractivity contribution < 1.29 is 18.8 Å².